The first-order valence-corrected chi connectivity index (χ1v) is 5.06. The normalized spacial score (nSPS) is 36.0. The van der Waals surface area contributed by atoms with Gasteiger partial charge in [0.05, 0.1) is 12.2 Å². The van der Waals surface area contributed by atoms with Gasteiger partial charge in [0.15, 0.2) is 0 Å². The molecule has 1 aliphatic heterocycles. The molecule has 0 aromatic carbocycles. The van der Waals surface area contributed by atoms with Gasteiger partial charge in [-0.15, -0.1) is 0 Å². The van der Waals surface area contributed by atoms with Gasteiger partial charge in [0.25, 0.3) is 0 Å². The largest absolute Gasteiger partial charge is 0.369 e. The average Bonchev–Trinajstić information content (AvgIpc) is 2.36. The lowest BCUT2D eigenvalue weighted by Gasteiger charge is -2.40. The quantitative estimate of drug-likeness (QED) is 0.553. The van der Waals surface area contributed by atoms with Crippen molar-refractivity contribution in [1.82, 2.24) is 0 Å². The first-order chi connectivity index (χ1) is 5.42. The predicted molar refractivity (Wildman–Crippen MR) is 43.4 cm³/mol. The summed E-state index contributed by atoms with van der Waals surface area (Å²) in [6, 6.07) is 0. The van der Waals surface area contributed by atoms with Crippen LogP contribution in [0.15, 0.2) is 0 Å². The van der Waals surface area contributed by atoms with E-state index in [0.29, 0.717) is 5.60 Å². The minimum atomic E-state index is 0.441. The SMILES string of the molecule is C1CC(C2(C3CCC3)CO2)C1. The molecular formula is C10H16O. The van der Waals surface area contributed by atoms with Crippen LogP contribution in [-0.2, 0) is 4.74 Å². The lowest BCUT2D eigenvalue weighted by molar-refractivity contribution is 0.0497. The molecule has 0 spiro atoms. The van der Waals surface area contributed by atoms with E-state index >= 15 is 0 Å². The van der Waals surface area contributed by atoms with Crippen molar-refractivity contribution in [1.29, 1.82) is 0 Å². The second-order valence-corrected chi connectivity index (χ2v) is 4.50. The molecule has 0 radical (unpaired) electrons. The van der Waals surface area contributed by atoms with E-state index in [9.17, 15) is 0 Å². The molecule has 3 fully saturated rings. The van der Waals surface area contributed by atoms with Gasteiger partial charge in [0.1, 0.15) is 0 Å². The Morgan fingerprint density at radius 2 is 1.36 bits per heavy atom. The number of hydrogen-bond donors (Lipinski definition) is 0. The molecular weight excluding hydrogens is 136 g/mol. The second-order valence-electron chi connectivity index (χ2n) is 4.50. The van der Waals surface area contributed by atoms with E-state index in [-0.39, 0.29) is 0 Å². The highest BCUT2D eigenvalue weighted by Crippen LogP contribution is 2.56. The summed E-state index contributed by atoms with van der Waals surface area (Å²) in [6.07, 6.45) is 8.74. The van der Waals surface area contributed by atoms with Gasteiger partial charge < -0.3 is 4.74 Å². The maximum Gasteiger partial charge on any atom is 0.0972 e. The topological polar surface area (TPSA) is 12.5 Å². The Bertz CT molecular complexity index is 148. The van der Waals surface area contributed by atoms with Crippen molar-refractivity contribution in [2.24, 2.45) is 11.8 Å². The average molecular weight is 152 g/mol. The third kappa shape index (κ3) is 0.752. The zero-order chi connectivity index (χ0) is 7.31. The lowest BCUT2D eigenvalue weighted by atomic mass is 9.64. The van der Waals surface area contributed by atoms with Crippen molar-refractivity contribution in [2.75, 3.05) is 6.61 Å². The summed E-state index contributed by atoms with van der Waals surface area (Å²) >= 11 is 0. The summed E-state index contributed by atoms with van der Waals surface area (Å²) in [5, 5.41) is 0. The molecule has 1 nitrogen and oxygen atoms in total. The van der Waals surface area contributed by atoms with E-state index < -0.39 is 0 Å². The third-order valence-electron chi connectivity index (χ3n) is 4.07. The summed E-state index contributed by atoms with van der Waals surface area (Å²) < 4.78 is 5.70. The molecule has 0 aromatic heterocycles. The molecule has 0 amide bonds. The van der Waals surface area contributed by atoms with Gasteiger partial charge in [-0.3, -0.25) is 0 Å². The van der Waals surface area contributed by atoms with Crippen LogP contribution in [0.4, 0.5) is 0 Å². The zero-order valence-electron chi connectivity index (χ0n) is 7.01. The van der Waals surface area contributed by atoms with E-state index in [1.165, 1.54) is 38.5 Å². The summed E-state index contributed by atoms with van der Waals surface area (Å²) in [7, 11) is 0. The fourth-order valence-corrected chi connectivity index (χ4v) is 2.68. The molecule has 3 aliphatic rings. The van der Waals surface area contributed by atoms with Gasteiger partial charge in [-0.1, -0.05) is 12.8 Å². The van der Waals surface area contributed by atoms with Crippen LogP contribution in [0.3, 0.4) is 0 Å². The molecule has 2 aliphatic carbocycles. The minimum Gasteiger partial charge on any atom is -0.369 e. The predicted octanol–water partition coefficient (Wildman–Crippen LogP) is 2.36. The standard InChI is InChI=1S/C10H16O/c1-3-8(4-1)10(7-11-10)9-5-2-6-9/h8-9H,1-7H2. The van der Waals surface area contributed by atoms with Crippen LogP contribution in [0.2, 0.25) is 0 Å². The Kier molecular flexibility index (Phi) is 1.18. The van der Waals surface area contributed by atoms with Crippen LogP contribution in [0.1, 0.15) is 38.5 Å². The molecule has 1 saturated heterocycles. The van der Waals surface area contributed by atoms with Crippen LogP contribution >= 0.6 is 0 Å². The van der Waals surface area contributed by atoms with Crippen molar-refractivity contribution in [3.63, 3.8) is 0 Å². The van der Waals surface area contributed by atoms with Crippen LogP contribution < -0.4 is 0 Å². The molecule has 0 bridgehead atoms. The van der Waals surface area contributed by atoms with Gasteiger partial charge >= 0.3 is 0 Å². The summed E-state index contributed by atoms with van der Waals surface area (Å²) in [5.41, 5.74) is 0.441. The first kappa shape index (κ1) is 6.47. The van der Waals surface area contributed by atoms with Gasteiger partial charge in [0.2, 0.25) is 0 Å². The van der Waals surface area contributed by atoms with Gasteiger partial charge in [-0.25, -0.2) is 0 Å². The highest BCUT2D eigenvalue weighted by Gasteiger charge is 2.59. The van der Waals surface area contributed by atoms with Crippen LogP contribution in [-0.4, -0.2) is 12.2 Å². The van der Waals surface area contributed by atoms with Gasteiger partial charge in [-0.2, -0.15) is 0 Å². The summed E-state index contributed by atoms with van der Waals surface area (Å²) in [6.45, 7) is 1.10. The highest BCUT2D eigenvalue weighted by molar-refractivity contribution is 5.07. The Morgan fingerprint density at radius 1 is 0.909 bits per heavy atom. The van der Waals surface area contributed by atoms with Crippen molar-refractivity contribution in [3.8, 4) is 0 Å². The number of hydrogen-bond acceptors (Lipinski definition) is 1. The molecule has 3 rings (SSSR count). The van der Waals surface area contributed by atoms with E-state index in [2.05, 4.69) is 0 Å². The van der Waals surface area contributed by atoms with Crippen molar-refractivity contribution >= 4 is 0 Å². The van der Waals surface area contributed by atoms with Crippen LogP contribution in [0, 0.1) is 11.8 Å². The number of ether oxygens (including phenoxy) is 1. The Balaban J connectivity index is 1.71. The molecule has 62 valence electrons. The van der Waals surface area contributed by atoms with E-state index in [4.69, 9.17) is 4.74 Å². The van der Waals surface area contributed by atoms with Crippen LogP contribution in [0.25, 0.3) is 0 Å². The summed E-state index contributed by atoms with van der Waals surface area (Å²) in [4.78, 5) is 0. The molecule has 1 heterocycles. The Labute approximate surface area is 68.1 Å². The Morgan fingerprint density at radius 3 is 1.55 bits per heavy atom. The molecule has 0 aromatic rings. The van der Waals surface area contributed by atoms with E-state index in [0.717, 1.165) is 18.4 Å². The molecule has 1 heteroatoms. The smallest absolute Gasteiger partial charge is 0.0972 e. The summed E-state index contributed by atoms with van der Waals surface area (Å²) in [5.74, 6) is 1.93. The highest BCUT2D eigenvalue weighted by atomic mass is 16.6. The second kappa shape index (κ2) is 2.01. The monoisotopic (exact) mass is 152 g/mol. The van der Waals surface area contributed by atoms with E-state index in [1.807, 2.05) is 0 Å². The lowest BCUT2D eigenvalue weighted by Crippen LogP contribution is -2.40. The zero-order valence-corrected chi connectivity index (χ0v) is 7.01. The molecule has 0 atom stereocenters. The first-order valence-electron chi connectivity index (χ1n) is 5.06. The van der Waals surface area contributed by atoms with Crippen molar-refractivity contribution < 1.29 is 4.74 Å². The van der Waals surface area contributed by atoms with Crippen LogP contribution in [0.5, 0.6) is 0 Å². The Hall–Kier alpha value is -0.0400. The minimum absolute atomic E-state index is 0.441. The molecule has 0 N–H and O–H groups in total. The molecule has 2 saturated carbocycles. The number of rotatable bonds is 2. The van der Waals surface area contributed by atoms with Gasteiger partial charge in [0, 0.05) is 0 Å². The number of epoxide rings is 1. The van der Waals surface area contributed by atoms with Crippen molar-refractivity contribution in [3.05, 3.63) is 0 Å². The van der Waals surface area contributed by atoms with E-state index in [1.54, 1.807) is 0 Å². The maximum absolute atomic E-state index is 5.70. The fraction of sp³-hybridized carbons (Fsp3) is 1.00. The molecule has 11 heavy (non-hydrogen) atoms. The van der Waals surface area contributed by atoms with Crippen molar-refractivity contribution in [2.45, 2.75) is 44.1 Å². The third-order valence-corrected chi connectivity index (χ3v) is 4.07. The fourth-order valence-electron chi connectivity index (χ4n) is 2.68. The molecule has 0 unspecified atom stereocenters. The maximum atomic E-state index is 5.70. The van der Waals surface area contributed by atoms with Gasteiger partial charge in [-0.05, 0) is 37.5 Å².